The van der Waals surface area contributed by atoms with Crippen LogP contribution in [0.3, 0.4) is 0 Å². The molecule has 0 saturated carbocycles. The van der Waals surface area contributed by atoms with Crippen molar-refractivity contribution in [3.8, 4) is 23.3 Å². The highest BCUT2D eigenvalue weighted by molar-refractivity contribution is 5.91. The molecule has 0 aromatic heterocycles. The van der Waals surface area contributed by atoms with Crippen LogP contribution in [0.25, 0.3) is 0 Å². The van der Waals surface area contributed by atoms with Gasteiger partial charge < -0.3 is 9.47 Å². The summed E-state index contributed by atoms with van der Waals surface area (Å²) in [6.07, 6.45) is 2.00. The van der Waals surface area contributed by atoms with Crippen LogP contribution in [0, 0.1) is 35.1 Å². The van der Waals surface area contributed by atoms with Crippen molar-refractivity contribution in [2.75, 3.05) is 6.61 Å². The molecular formula is C28H22F6O3. The molecule has 194 valence electrons. The average Bonchev–Trinajstić information content (AvgIpc) is 2.87. The summed E-state index contributed by atoms with van der Waals surface area (Å²) in [4.78, 5) is 12.4. The zero-order chi connectivity index (χ0) is 27.2. The third-order valence-electron chi connectivity index (χ3n) is 5.23. The summed E-state index contributed by atoms with van der Waals surface area (Å²) in [5, 5.41) is 0. The number of ether oxygens (including phenoxy) is 2. The lowest BCUT2D eigenvalue weighted by Crippen LogP contribution is -2.14. The van der Waals surface area contributed by atoms with Crippen molar-refractivity contribution in [3.05, 3.63) is 94.1 Å². The number of rotatable bonds is 8. The normalized spacial score (nSPS) is 11.0. The molecule has 0 heterocycles. The predicted molar refractivity (Wildman–Crippen MR) is 125 cm³/mol. The number of para-hydroxylation sites is 1. The second-order valence-electron chi connectivity index (χ2n) is 8.12. The van der Waals surface area contributed by atoms with E-state index in [0.717, 1.165) is 18.9 Å². The molecule has 3 aromatic carbocycles. The van der Waals surface area contributed by atoms with Crippen LogP contribution in [0.1, 0.15) is 60.2 Å². The second kappa shape index (κ2) is 11.9. The van der Waals surface area contributed by atoms with Crippen LogP contribution in [0.5, 0.6) is 11.5 Å². The minimum Gasteiger partial charge on any atom is -0.487 e. The number of hydrogen-bond acceptors (Lipinski definition) is 3. The molecule has 3 aromatic rings. The van der Waals surface area contributed by atoms with Crippen LogP contribution in [0.15, 0.2) is 48.5 Å². The maximum atomic E-state index is 14.4. The Morgan fingerprint density at radius 3 is 2.08 bits per heavy atom. The maximum absolute atomic E-state index is 14.4. The van der Waals surface area contributed by atoms with Gasteiger partial charge in [-0.25, -0.2) is 22.4 Å². The minimum absolute atomic E-state index is 0.0150. The quantitative estimate of drug-likeness (QED) is 0.0769. The van der Waals surface area contributed by atoms with Crippen LogP contribution in [0.2, 0.25) is 0 Å². The molecule has 0 N–H and O–H groups in total. The van der Waals surface area contributed by atoms with Gasteiger partial charge in [0.15, 0.2) is 17.4 Å². The van der Waals surface area contributed by atoms with E-state index in [0.29, 0.717) is 13.3 Å². The van der Waals surface area contributed by atoms with Crippen LogP contribution in [-0.2, 0) is 5.92 Å². The highest BCUT2D eigenvalue weighted by Gasteiger charge is 2.29. The molecule has 0 radical (unpaired) electrons. The lowest BCUT2D eigenvalue weighted by Gasteiger charge is -2.15. The summed E-state index contributed by atoms with van der Waals surface area (Å²) in [5.41, 5.74) is -1.45. The van der Waals surface area contributed by atoms with Gasteiger partial charge in [0, 0.05) is 12.5 Å². The van der Waals surface area contributed by atoms with E-state index < -0.39 is 52.0 Å². The van der Waals surface area contributed by atoms with Crippen LogP contribution >= 0.6 is 0 Å². The first-order valence-corrected chi connectivity index (χ1v) is 11.3. The van der Waals surface area contributed by atoms with E-state index in [4.69, 9.17) is 9.47 Å². The lowest BCUT2D eigenvalue weighted by molar-refractivity contribution is 0.0147. The molecule has 9 heteroatoms. The molecule has 37 heavy (non-hydrogen) atoms. The summed E-state index contributed by atoms with van der Waals surface area (Å²) in [5.74, 6) is -7.93. The van der Waals surface area contributed by atoms with E-state index in [2.05, 4.69) is 11.8 Å². The first-order valence-electron chi connectivity index (χ1n) is 11.3. The third kappa shape index (κ3) is 6.64. The molecule has 0 amide bonds. The Hall–Kier alpha value is -3.93. The fourth-order valence-corrected chi connectivity index (χ4v) is 3.28. The molecular weight excluding hydrogens is 498 g/mol. The summed E-state index contributed by atoms with van der Waals surface area (Å²) in [6.45, 7) is 2.47. The number of hydrogen-bond donors (Lipinski definition) is 0. The Morgan fingerprint density at radius 1 is 0.865 bits per heavy atom. The lowest BCUT2D eigenvalue weighted by atomic mass is 10.1. The number of benzene rings is 3. The number of esters is 1. The maximum Gasteiger partial charge on any atom is 0.343 e. The molecule has 0 bridgehead atoms. The van der Waals surface area contributed by atoms with Crippen molar-refractivity contribution in [2.24, 2.45) is 0 Å². The van der Waals surface area contributed by atoms with Gasteiger partial charge in [0.2, 0.25) is 11.6 Å². The minimum atomic E-state index is -3.24. The molecule has 0 aliphatic carbocycles. The van der Waals surface area contributed by atoms with Crippen LogP contribution in [0.4, 0.5) is 26.3 Å². The third-order valence-corrected chi connectivity index (χ3v) is 5.23. The van der Waals surface area contributed by atoms with Gasteiger partial charge in [-0.05, 0) is 42.8 Å². The number of carbonyl (C=O) groups is 1. The van der Waals surface area contributed by atoms with Crippen molar-refractivity contribution >= 4 is 5.97 Å². The summed E-state index contributed by atoms with van der Waals surface area (Å²) in [7, 11) is 0. The first-order chi connectivity index (χ1) is 17.5. The zero-order valence-electron chi connectivity index (χ0n) is 19.9. The SMILES string of the molecule is CCCCCOc1c(F)c(F)c(C#Cc2ccc(C(=O)Oc3ccccc3C(C)(F)F)cc2)c(F)c1F. The van der Waals surface area contributed by atoms with Gasteiger partial charge in [-0.3, -0.25) is 0 Å². The number of halogens is 6. The smallest absolute Gasteiger partial charge is 0.343 e. The summed E-state index contributed by atoms with van der Waals surface area (Å²) >= 11 is 0. The second-order valence-corrected chi connectivity index (χ2v) is 8.12. The monoisotopic (exact) mass is 520 g/mol. The molecule has 0 saturated heterocycles. The summed E-state index contributed by atoms with van der Waals surface area (Å²) in [6, 6.07) is 10.3. The molecule has 0 unspecified atom stereocenters. The number of alkyl halides is 2. The highest BCUT2D eigenvalue weighted by Crippen LogP contribution is 2.34. The van der Waals surface area contributed by atoms with E-state index in [-0.39, 0.29) is 23.5 Å². The van der Waals surface area contributed by atoms with Gasteiger partial charge in [0.25, 0.3) is 5.92 Å². The van der Waals surface area contributed by atoms with Gasteiger partial charge >= 0.3 is 5.97 Å². The van der Waals surface area contributed by atoms with E-state index in [1.165, 1.54) is 42.5 Å². The van der Waals surface area contributed by atoms with Crippen LogP contribution < -0.4 is 9.47 Å². The Labute approximate surface area is 210 Å². The fraction of sp³-hybridized carbons (Fsp3) is 0.250. The van der Waals surface area contributed by atoms with E-state index >= 15 is 0 Å². The predicted octanol–water partition coefficient (Wildman–Crippen LogP) is 7.54. The molecule has 0 spiro atoms. The molecule has 0 aliphatic heterocycles. The van der Waals surface area contributed by atoms with Crippen molar-refractivity contribution in [2.45, 2.75) is 39.0 Å². The Balaban J connectivity index is 1.79. The molecule has 0 aliphatic rings. The highest BCUT2D eigenvalue weighted by atomic mass is 19.3. The first kappa shape index (κ1) is 27.7. The fourth-order valence-electron chi connectivity index (χ4n) is 3.28. The van der Waals surface area contributed by atoms with Gasteiger partial charge in [-0.15, -0.1) is 0 Å². The molecule has 3 rings (SSSR count). The van der Waals surface area contributed by atoms with Crippen LogP contribution in [-0.4, -0.2) is 12.6 Å². The van der Waals surface area contributed by atoms with Gasteiger partial charge in [0.05, 0.1) is 17.7 Å². The van der Waals surface area contributed by atoms with Crippen molar-refractivity contribution in [1.29, 1.82) is 0 Å². The van der Waals surface area contributed by atoms with Crippen molar-refractivity contribution in [1.82, 2.24) is 0 Å². The standard InChI is InChI=1S/C28H22F6O3/c1-3-4-7-16-36-26-24(31)22(29)19(23(30)25(26)32)15-12-17-10-13-18(14-11-17)27(35)37-21-9-6-5-8-20(21)28(2,33)34/h5-6,8-11,13-14H,3-4,7,16H2,1-2H3. The Bertz CT molecular complexity index is 1310. The average molecular weight is 520 g/mol. The largest absolute Gasteiger partial charge is 0.487 e. The number of carbonyl (C=O) groups excluding carboxylic acids is 1. The zero-order valence-corrected chi connectivity index (χ0v) is 19.9. The topological polar surface area (TPSA) is 35.5 Å². The van der Waals surface area contributed by atoms with Gasteiger partial charge in [-0.1, -0.05) is 43.7 Å². The van der Waals surface area contributed by atoms with E-state index in [1.54, 1.807) is 0 Å². The Kier molecular flexibility index (Phi) is 8.87. The van der Waals surface area contributed by atoms with Crippen molar-refractivity contribution in [3.63, 3.8) is 0 Å². The molecule has 3 nitrogen and oxygen atoms in total. The Morgan fingerprint density at radius 2 is 1.49 bits per heavy atom. The van der Waals surface area contributed by atoms with Gasteiger partial charge in [0.1, 0.15) is 11.3 Å². The summed E-state index contributed by atoms with van der Waals surface area (Å²) < 4.78 is 94.8. The molecule has 0 atom stereocenters. The number of unbranched alkanes of at least 4 members (excludes halogenated alkanes) is 2. The van der Waals surface area contributed by atoms with E-state index in [9.17, 15) is 31.1 Å². The van der Waals surface area contributed by atoms with Gasteiger partial charge in [-0.2, -0.15) is 8.78 Å². The van der Waals surface area contributed by atoms with Crippen molar-refractivity contribution < 1.29 is 40.6 Å². The van der Waals surface area contributed by atoms with E-state index in [1.807, 2.05) is 6.92 Å². The molecule has 0 fully saturated rings.